The van der Waals surface area contributed by atoms with Gasteiger partial charge in [0.15, 0.2) is 0 Å². The largest absolute Gasteiger partial charge is 0.321 e. The number of hydrogen-bond acceptors (Lipinski definition) is 4. The fourth-order valence-corrected chi connectivity index (χ4v) is 3.34. The molecule has 0 unspecified atom stereocenters. The summed E-state index contributed by atoms with van der Waals surface area (Å²) in [6, 6.07) is 13.2. The summed E-state index contributed by atoms with van der Waals surface area (Å²) in [7, 11) is 0. The lowest BCUT2D eigenvalue weighted by atomic mass is 10.0. The summed E-state index contributed by atoms with van der Waals surface area (Å²) in [6.07, 6.45) is 3.37. The Balaban J connectivity index is 1.87. The number of nitrogens with one attached hydrogen (secondary N) is 1. The van der Waals surface area contributed by atoms with Gasteiger partial charge in [-0.25, -0.2) is 0 Å². The van der Waals surface area contributed by atoms with Crippen molar-refractivity contribution in [3.8, 4) is 16.5 Å². The Morgan fingerprint density at radius 1 is 1.17 bits per heavy atom. The SMILES string of the molecule is Cc1cnccc1NC(=O)c1ccc(-c2cc(C#N)ccc2C)s1. The quantitative estimate of drug-likeness (QED) is 0.764. The smallest absolute Gasteiger partial charge is 0.265 e. The number of rotatable bonds is 3. The Morgan fingerprint density at radius 2 is 2.00 bits per heavy atom. The van der Waals surface area contributed by atoms with Crippen LogP contribution in [0, 0.1) is 25.2 Å². The first-order chi connectivity index (χ1) is 11.6. The fraction of sp³-hybridized carbons (Fsp3) is 0.105. The van der Waals surface area contributed by atoms with Crippen LogP contribution in [0.2, 0.25) is 0 Å². The molecule has 1 aromatic carbocycles. The van der Waals surface area contributed by atoms with Gasteiger partial charge >= 0.3 is 0 Å². The second kappa shape index (κ2) is 6.65. The van der Waals surface area contributed by atoms with Crippen molar-refractivity contribution in [2.24, 2.45) is 0 Å². The summed E-state index contributed by atoms with van der Waals surface area (Å²) in [5, 5.41) is 12.0. The maximum absolute atomic E-state index is 12.4. The number of nitrogens with zero attached hydrogens (tertiary/aromatic N) is 2. The Labute approximate surface area is 144 Å². The molecule has 4 nitrogen and oxygen atoms in total. The lowest BCUT2D eigenvalue weighted by Gasteiger charge is -2.06. The van der Waals surface area contributed by atoms with Crippen molar-refractivity contribution < 1.29 is 4.79 Å². The van der Waals surface area contributed by atoms with Gasteiger partial charge in [-0.2, -0.15) is 5.26 Å². The number of nitriles is 1. The van der Waals surface area contributed by atoms with Crippen molar-refractivity contribution >= 4 is 22.9 Å². The van der Waals surface area contributed by atoms with Gasteiger partial charge in [-0.15, -0.1) is 11.3 Å². The van der Waals surface area contributed by atoms with Gasteiger partial charge in [0.05, 0.1) is 16.5 Å². The number of thiophene rings is 1. The molecule has 0 aliphatic heterocycles. The molecule has 0 aliphatic rings. The van der Waals surface area contributed by atoms with E-state index in [9.17, 15) is 4.79 Å². The van der Waals surface area contributed by atoms with Crippen LogP contribution in [0.5, 0.6) is 0 Å². The van der Waals surface area contributed by atoms with E-state index in [2.05, 4.69) is 16.4 Å². The summed E-state index contributed by atoms with van der Waals surface area (Å²) >= 11 is 1.42. The second-order valence-electron chi connectivity index (χ2n) is 5.45. The molecule has 0 spiro atoms. The maximum atomic E-state index is 12.4. The van der Waals surface area contributed by atoms with Crippen LogP contribution < -0.4 is 5.32 Å². The summed E-state index contributed by atoms with van der Waals surface area (Å²) < 4.78 is 0. The van der Waals surface area contributed by atoms with Gasteiger partial charge in [0.2, 0.25) is 0 Å². The second-order valence-corrected chi connectivity index (χ2v) is 6.53. The van der Waals surface area contributed by atoms with Crippen LogP contribution in [0.25, 0.3) is 10.4 Å². The minimum Gasteiger partial charge on any atom is -0.321 e. The zero-order valence-electron chi connectivity index (χ0n) is 13.3. The topological polar surface area (TPSA) is 65.8 Å². The summed E-state index contributed by atoms with van der Waals surface area (Å²) in [5.41, 5.74) is 4.35. The lowest BCUT2D eigenvalue weighted by molar-refractivity contribution is 0.103. The molecule has 5 heteroatoms. The molecule has 0 fully saturated rings. The van der Waals surface area contributed by atoms with E-state index < -0.39 is 0 Å². The highest BCUT2D eigenvalue weighted by Crippen LogP contribution is 2.31. The van der Waals surface area contributed by atoms with Gasteiger partial charge in [-0.3, -0.25) is 9.78 Å². The van der Waals surface area contributed by atoms with Gasteiger partial charge in [0, 0.05) is 23.0 Å². The molecule has 2 heterocycles. The molecule has 1 amide bonds. The number of hydrogen-bond donors (Lipinski definition) is 1. The van der Waals surface area contributed by atoms with E-state index in [1.165, 1.54) is 11.3 Å². The van der Waals surface area contributed by atoms with E-state index in [4.69, 9.17) is 5.26 Å². The molecule has 3 rings (SSSR count). The molecule has 24 heavy (non-hydrogen) atoms. The van der Waals surface area contributed by atoms with Crippen molar-refractivity contribution in [2.75, 3.05) is 5.32 Å². The zero-order valence-corrected chi connectivity index (χ0v) is 14.1. The van der Waals surface area contributed by atoms with Crippen molar-refractivity contribution in [2.45, 2.75) is 13.8 Å². The highest BCUT2D eigenvalue weighted by atomic mass is 32.1. The Kier molecular flexibility index (Phi) is 4.41. The minimum absolute atomic E-state index is 0.144. The van der Waals surface area contributed by atoms with Crippen LogP contribution in [0.4, 0.5) is 5.69 Å². The molecule has 3 aromatic rings. The predicted molar refractivity (Wildman–Crippen MR) is 96.1 cm³/mol. The Morgan fingerprint density at radius 3 is 2.75 bits per heavy atom. The molecule has 0 aliphatic carbocycles. The number of carbonyl (C=O) groups is 1. The van der Waals surface area contributed by atoms with Crippen molar-refractivity contribution in [1.29, 1.82) is 5.26 Å². The van der Waals surface area contributed by atoms with Gasteiger partial charge < -0.3 is 5.32 Å². The molecule has 0 saturated heterocycles. The predicted octanol–water partition coefficient (Wildman–Crippen LogP) is 4.55. The number of anilines is 1. The van der Waals surface area contributed by atoms with E-state index in [1.807, 2.05) is 38.1 Å². The van der Waals surface area contributed by atoms with Gasteiger partial charge in [0.25, 0.3) is 5.91 Å². The standard InChI is InChI=1S/C19H15N3OS/c1-12-3-4-14(10-20)9-15(12)17-5-6-18(24-17)19(23)22-16-7-8-21-11-13(16)2/h3-9,11H,1-2H3,(H,21,22,23). The third-order valence-corrected chi connectivity index (χ3v) is 4.85. The van der Waals surface area contributed by atoms with Crippen molar-refractivity contribution in [1.82, 2.24) is 4.98 Å². The Bertz CT molecular complexity index is 953. The Hall–Kier alpha value is -2.97. The highest BCUT2D eigenvalue weighted by molar-refractivity contribution is 7.17. The average molecular weight is 333 g/mol. The normalized spacial score (nSPS) is 10.2. The highest BCUT2D eigenvalue weighted by Gasteiger charge is 2.13. The molecular weight excluding hydrogens is 318 g/mol. The summed E-state index contributed by atoms with van der Waals surface area (Å²) in [4.78, 5) is 18.1. The zero-order chi connectivity index (χ0) is 17.1. The molecular formula is C19H15N3OS. The first-order valence-electron chi connectivity index (χ1n) is 7.41. The maximum Gasteiger partial charge on any atom is 0.265 e. The number of aryl methyl sites for hydroxylation is 2. The number of pyridine rings is 1. The van der Waals surface area contributed by atoms with Crippen LogP contribution in [0.15, 0.2) is 48.8 Å². The van der Waals surface area contributed by atoms with Crippen LogP contribution in [-0.4, -0.2) is 10.9 Å². The molecule has 0 bridgehead atoms. The summed E-state index contributed by atoms with van der Waals surface area (Å²) in [6.45, 7) is 3.90. The van der Waals surface area contributed by atoms with E-state index >= 15 is 0 Å². The van der Waals surface area contributed by atoms with Crippen LogP contribution >= 0.6 is 11.3 Å². The lowest BCUT2D eigenvalue weighted by Crippen LogP contribution is -2.11. The average Bonchev–Trinajstić information content (AvgIpc) is 3.07. The van der Waals surface area contributed by atoms with E-state index in [1.54, 1.807) is 24.5 Å². The third-order valence-electron chi connectivity index (χ3n) is 3.73. The first-order valence-corrected chi connectivity index (χ1v) is 8.23. The van der Waals surface area contributed by atoms with Gasteiger partial charge in [0.1, 0.15) is 0 Å². The number of aromatic nitrogens is 1. The monoisotopic (exact) mass is 333 g/mol. The number of benzene rings is 1. The van der Waals surface area contributed by atoms with Gasteiger partial charge in [-0.05, 0) is 60.9 Å². The van der Waals surface area contributed by atoms with E-state index in [-0.39, 0.29) is 5.91 Å². The molecule has 0 saturated carbocycles. The first kappa shape index (κ1) is 15.9. The minimum atomic E-state index is -0.144. The molecule has 0 atom stereocenters. The van der Waals surface area contributed by atoms with Gasteiger partial charge in [-0.1, -0.05) is 6.07 Å². The van der Waals surface area contributed by atoms with Crippen molar-refractivity contribution in [3.05, 3.63) is 70.4 Å². The third kappa shape index (κ3) is 3.19. The van der Waals surface area contributed by atoms with Crippen LogP contribution in [0.1, 0.15) is 26.4 Å². The number of carbonyl (C=O) groups excluding carboxylic acids is 1. The summed E-state index contributed by atoms with van der Waals surface area (Å²) in [5.74, 6) is -0.144. The fourth-order valence-electron chi connectivity index (χ4n) is 2.36. The van der Waals surface area contributed by atoms with Crippen LogP contribution in [-0.2, 0) is 0 Å². The van der Waals surface area contributed by atoms with E-state index in [0.717, 1.165) is 27.3 Å². The molecule has 0 radical (unpaired) electrons. The van der Waals surface area contributed by atoms with Crippen LogP contribution in [0.3, 0.4) is 0 Å². The number of amides is 1. The molecule has 1 N–H and O–H groups in total. The molecule has 2 aromatic heterocycles. The van der Waals surface area contributed by atoms with Crippen molar-refractivity contribution in [3.63, 3.8) is 0 Å². The molecule has 118 valence electrons. The van der Waals surface area contributed by atoms with E-state index in [0.29, 0.717) is 10.4 Å².